The van der Waals surface area contributed by atoms with E-state index in [2.05, 4.69) is 0 Å². The van der Waals surface area contributed by atoms with Crippen LogP contribution in [0.2, 0.25) is 0 Å². The number of carboxylic acid groups (broad SMARTS) is 2. The van der Waals surface area contributed by atoms with E-state index in [1.54, 1.807) is 0 Å². The fraction of sp³-hybridized carbons (Fsp3) is 0. The number of carboxylic acids is 2. The minimum absolute atomic E-state index is 0.300. The van der Waals surface area contributed by atoms with Crippen LogP contribution in [0.25, 0.3) is 11.1 Å². The summed E-state index contributed by atoms with van der Waals surface area (Å²) < 4.78 is 26.3. The Morgan fingerprint density at radius 3 is 2.14 bits per heavy atom. The quantitative estimate of drug-likeness (QED) is 0.675. The largest absolute Gasteiger partial charge is 0.478 e. The second-order valence-electron chi connectivity index (χ2n) is 4.23. The SMILES string of the molecule is Nc1[nH]c(=O)c(C(=O)O)c(-c2ccc(F)c(F)c2)c1C(=O)O. The number of nitrogens with two attached hydrogens (primary N) is 1. The van der Waals surface area contributed by atoms with Gasteiger partial charge in [-0.3, -0.25) is 4.79 Å². The first-order valence-corrected chi connectivity index (χ1v) is 5.71. The maximum absolute atomic E-state index is 13.3. The van der Waals surface area contributed by atoms with E-state index in [1.165, 1.54) is 0 Å². The van der Waals surface area contributed by atoms with E-state index in [9.17, 15) is 23.2 Å². The molecule has 0 bridgehead atoms. The van der Waals surface area contributed by atoms with Crippen LogP contribution in [0.1, 0.15) is 20.7 Å². The number of nitrogens with one attached hydrogen (secondary N) is 1. The molecule has 22 heavy (non-hydrogen) atoms. The van der Waals surface area contributed by atoms with Gasteiger partial charge in [-0.2, -0.15) is 0 Å². The van der Waals surface area contributed by atoms with E-state index >= 15 is 0 Å². The van der Waals surface area contributed by atoms with Gasteiger partial charge in [-0.25, -0.2) is 18.4 Å². The van der Waals surface area contributed by atoms with Crippen molar-refractivity contribution in [3.8, 4) is 11.1 Å². The van der Waals surface area contributed by atoms with Crippen LogP contribution in [0.3, 0.4) is 0 Å². The molecule has 0 amide bonds. The summed E-state index contributed by atoms with van der Waals surface area (Å²) in [5, 5.41) is 18.3. The van der Waals surface area contributed by atoms with Gasteiger partial charge in [0.05, 0.1) is 0 Å². The lowest BCUT2D eigenvalue weighted by Gasteiger charge is -2.12. The van der Waals surface area contributed by atoms with E-state index in [-0.39, 0.29) is 5.56 Å². The summed E-state index contributed by atoms with van der Waals surface area (Å²) in [4.78, 5) is 36.1. The van der Waals surface area contributed by atoms with Gasteiger partial charge in [-0.05, 0) is 17.7 Å². The molecule has 2 aromatic rings. The summed E-state index contributed by atoms with van der Waals surface area (Å²) in [6, 6.07) is 2.22. The van der Waals surface area contributed by atoms with E-state index in [1.807, 2.05) is 4.98 Å². The number of aromatic carboxylic acids is 2. The van der Waals surface area contributed by atoms with Gasteiger partial charge in [0, 0.05) is 5.56 Å². The van der Waals surface area contributed by atoms with Gasteiger partial charge in [0.25, 0.3) is 5.56 Å². The third-order valence-corrected chi connectivity index (χ3v) is 2.88. The van der Waals surface area contributed by atoms with Crippen LogP contribution >= 0.6 is 0 Å². The van der Waals surface area contributed by atoms with E-state index in [0.717, 1.165) is 6.07 Å². The average molecular weight is 310 g/mol. The smallest absolute Gasteiger partial charge is 0.342 e. The number of benzene rings is 1. The van der Waals surface area contributed by atoms with E-state index in [4.69, 9.17) is 15.9 Å². The zero-order valence-electron chi connectivity index (χ0n) is 10.7. The van der Waals surface area contributed by atoms with Gasteiger partial charge in [-0.1, -0.05) is 6.07 Å². The van der Waals surface area contributed by atoms with Crippen LogP contribution in [0.5, 0.6) is 0 Å². The third-order valence-electron chi connectivity index (χ3n) is 2.88. The lowest BCUT2D eigenvalue weighted by atomic mass is 9.95. The highest BCUT2D eigenvalue weighted by molar-refractivity contribution is 6.07. The molecule has 114 valence electrons. The number of hydrogen-bond donors (Lipinski definition) is 4. The molecule has 0 radical (unpaired) electrons. The molecule has 1 heterocycles. The van der Waals surface area contributed by atoms with Crippen molar-refractivity contribution < 1.29 is 28.6 Å². The molecule has 0 spiro atoms. The fourth-order valence-corrected chi connectivity index (χ4v) is 1.99. The van der Waals surface area contributed by atoms with Gasteiger partial charge in [-0.15, -0.1) is 0 Å². The second kappa shape index (κ2) is 5.28. The van der Waals surface area contributed by atoms with Crippen molar-refractivity contribution in [3.05, 3.63) is 51.3 Å². The molecule has 0 atom stereocenters. The van der Waals surface area contributed by atoms with Crippen LogP contribution in [0.4, 0.5) is 14.6 Å². The number of halogens is 2. The summed E-state index contributed by atoms with van der Waals surface area (Å²) in [6.07, 6.45) is 0. The Kier molecular flexibility index (Phi) is 3.64. The van der Waals surface area contributed by atoms with Gasteiger partial charge in [0.1, 0.15) is 16.9 Å². The number of nitrogen functional groups attached to an aromatic ring is 1. The normalized spacial score (nSPS) is 10.5. The zero-order valence-corrected chi connectivity index (χ0v) is 10.7. The zero-order chi connectivity index (χ0) is 16.6. The highest BCUT2D eigenvalue weighted by atomic mass is 19.2. The molecule has 0 saturated heterocycles. The molecular weight excluding hydrogens is 302 g/mol. The summed E-state index contributed by atoms with van der Waals surface area (Å²) in [7, 11) is 0. The lowest BCUT2D eigenvalue weighted by molar-refractivity contribution is 0.0695. The van der Waals surface area contributed by atoms with Crippen LogP contribution in [0.15, 0.2) is 23.0 Å². The number of aromatic amines is 1. The number of aromatic nitrogens is 1. The Morgan fingerprint density at radius 2 is 1.64 bits per heavy atom. The predicted octanol–water partition coefficient (Wildman–Crippen LogP) is 1.30. The Labute approximate surface area is 120 Å². The minimum Gasteiger partial charge on any atom is -0.478 e. The predicted molar refractivity (Wildman–Crippen MR) is 70.7 cm³/mol. The van der Waals surface area contributed by atoms with Crippen molar-refractivity contribution in [1.29, 1.82) is 0 Å². The Morgan fingerprint density at radius 1 is 1.05 bits per heavy atom. The maximum Gasteiger partial charge on any atom is 0.342 e. The Balaban J connectivity index is 2.98. The van der Waals surface area contributed by atoms with Crippen LogP contribution in [-0.4, -0.2) is 27.1 Å². The van der Waals surface area contributed by atoms with Crippen molar-refractivity contribution in [2.45, 2.75) is 0 Å². The molecule has 0 fully saturated rings. The molecule has 5 N–H and O–H groups in total. The van der Waals surface area contributed by atoms with Crippen LogP contribution in [0, 0.1) is 11.6 Å². The van der Waals surface area contributed by atoms with Crippen molar-refractivity contribution in [1.82, 2.24) is 4.98 Å². The first-order chi connectivity index (χ1) is 10.2. The highest BCUT2D eigenvalue weighted by Crippen LogP contribution is 2.30. The molecule has 9 heteroatoms. The molecule has 0 unspecified atom stereocenters. The number of anilines is 1. The van der Waals surface area contributed by atoms with Crippen molar-refractivity contribution in [2.75, 3.05) is 5.73 Å². The highest BCUT2D eigenvalue weighted by Gasteiger charge is 2.26. The van der Waals surface area contributed by atoms with Gasteiger partial charge >= 0.3 is 11.9 Å². The molecular formula is C13H8F2N2O5. The monoisotopic (exact) mass is 310 g/mol. The van der Waals surface area contributed by atoms with Crippen molar-refractivity contribution >= 4 is 17.8 Å². The number of carbonyl (C=O) groups is 2. The number of rotatable bonds is 3. The number of hydrogen-bond acceptors (Lipinski definition) is 4. The summed E-state index contributed by atoms with van der Waals surface area (Å²) in [5.41, 5.74) is 1.69. The topological polar surface area (TPSA) is 133 Å². The van der Waals surface area contributed by atoms with Gasteiger partial charge in [0.2, 0.25) is 0 Å². The molecule has 1 aromatic heterocycles. The van der Waals surface area contributed by atoms with E-state index < -0.39 is 51.6 Å². The third kappa shape index (κ3) is 2.39. The number of H-pyrrole nitrogens is 1. The number of pyridine rings is 1. The molecule has 2 rings (SSSR count). The average Bonchev–Trinajstić information content (AvgIpc) is 2.39. The first-order valence-electron chi connectivity index (χ1n) is 5.71. The molecule has 0 aliphatic heterocycles. The minimum atomic E-state index is -1.73. The van der Waals surface area contributed by atoms with E-state index in [0.29, 0.717) is 12.1 Å². The first kappa shape index (κ1) is 15.2. The van der Waals surface area contributed by atoms with Crippen molar-refractivity contribution in [2.24, 2.45) is 0 Å². The van der Waals surface area contributed by atoms with Gasteiger partial charge in [0.15, 0.2) is 11.6 Å². The molecule has 1 aromatic carbocycles. The molecule has 0 saturated carbocycles. The van der Waals surface area contributed by atoms with Crippen molar-refractivity contribution in [3.63, 3.8) is 0 Å². The van der Waals surface area contributed by atoms with Crippen LogP contribution < -0.4 is 11.3 Å². The summed E-state index contributed by atoms with van der Waals surface area (Å²) in [5.74, 6) is -6.50. The summed E-state index contributed by atoms with van der Waals surface area (Å²) >= 11 is 0. The summed E-state index contributed by atoms with van der Waals surface area (Å²) in [6.45, 7) is 0. The molecule has 0 aliphatic carbocycles. The van der Waals surface area contributed by atoms with Gasteiger partial charge < -0.3 is 20.9 Å². The fourth-order valence-electron chi connectivity index (χ4n) is 1.99. The lowest BCUT2D eigenvalue weighted by Crippen LogP contribution is -2.24. The van der Waals surface area contributed by atoms with Crippen LogP contribution in [-0.2, 0) is 0 Å². The maximum atomic E-state index is 13.3. The second-order valence-corrected chi connectivity index (χ2v) is 4.23. The Bertz CT molecular complexity index is 860. The molecule has 0 aliphatic rings. The molecule has 7 nitrogen and oxygen atoms in total. The Hall–Kier alpha value is -3.23. The standard InChI is InChI=1S/C13H8F2N2O5/c14-5-2-1-4(3-6(5)15)7-8(12(19)20)10(16)17-11(18)9(7)13(21)22/h1-3H,(H,19,20)(H,21,22)(H3,16,17,18).